The van der Waals surface area contributed by atoms with Gasteiger partial charge in [-0.2, -0.15) is 0 Å². The van der Waals surface area contributed by atoms with Gasteiger partial charge in [0.15, 0.2) is 0 Å². The molecule has 1 fully saturated rings. The van der Waals surface area contributed by atoms with Crippen molar-refractivity contribution in [1.82, 2.24) is 9.80 Å². The first-order valence-electron chi connectivity index (χ1n) is 9.24. The minimum absolute atomic E-state index is 0.172. The number of nitrogens with zero attached hydrogens (tertiary/aromatic N) is 2. The zero-order chi connectivity index (χ0) is 18.5. The summed E-state index contributed by atoms with van der Waals surface area (Å²) in [5.74, 6) is 1.04. The number of amides is 1. The van der Waals surface area contributed by atoms with Crippen molar-refractivity contribution in [3.63, 3.8) is 0 Å². The highest BCUT2D eigenvalue weighted by atomic mass is 16.5. The number of rotatable bonds is 6. The fourth-order valence-corrected chi connectivity index (χ4v) is 3.57. The fourth-order valence-electron chi connectivity index (χ4n) is 3.57. The van der Waals surface area contributed by atoms with Gasteiger partial charge in [-0.1, -0.05) is 42.0 Å². The lowest BCUT2D eigenvalue weighted by molar-refractivity contribution is -0.131. The van der Waals surface area contributed by atoms with Crippen LogP contribution in [0.2, 0.25) is 0 Å². The van der Waals surface area contributed by atoms with Crippen LogP contribution >= 0.6 is 0 Å². The highest BCUT2D eigenvalue weighted by molar-refractivity contribution is 5.78. The maximum absolute atomic E-state index is 12.7. The van der Waals surface area contributed by atoms with E-state index in [2.05, 4.69) is 48.2 Å². The number of likely N-dealkylation sites (tertiary alicyclic amines) is 1. The second kappa shape index (κ2) is 8.37. The zero-order valence-corrected chi connectivity index (χ0v) is 15.9. The van der Waals surface area contributed by atoms with Gasteiger partial charge in [0.1, 0.15) is 5.75 Å². The second-order valence-electron chi connectivity index (χ2n) is 7.14. The minimum Gasteiger partial charge on any atom is -0.497 e. The molecule has 1 aliphatic rings. The number of likely N-dealkylation sites (N-methyl/N-ethyl adjacent to an activating group) is 1. The highest BCUT2D eigenvalue weighted by Gasteiger charge is 2.28. The lowest BCUT2D eigenvalue weighted by Crippen LogP contribution is -2.37. The van der Waals surface area contributed by atoms with Crippen molar-refractivity contribution in [1.29, 1.82) is 0 Å². The van der Waals surface area contributed by atoms with E-state index in [1.54, 1.807) is 7.11 Å². The van der Waals surface area contributed by atoms with Crippen LogP contribution in [0, 0.1) is 6.92 Å². The predicted octanol–water partition coefficient (Wildman–Crippen LogP) is 3.80. The summed E-state index contributed by atoms with van der Waals surface area (Å²) in [6.45, 7) is 4.17. The van der Waals surface area contributed by atoms with Crippen LogP contribution in [0.1, 0.15) is 35.6 Å². The molecule has 1 saturated heterocycles. The van der Waals surface area contributed by atoms with Crippen molar-refractivity contribution in [2.45, 2.75) is 32.4 Å². The topological polar surface area (TPSA) is 32.8 Å². The SMILES string of the molecule is COc1ccc([C@@H]2CCCN2CC(=O)N(C)Cc2ccc(C)cc2)cc1. The third-order valence-electron chi connectivity index (χ3n) is 5.17. The fraction of sp³-hybridized carbons (Fsp3) is 0.409. The molecular weight excluding hydrogens is 324 g/mol. The van der Waals surface area contributed by atoms with Gasteiger partial charge in [0, 0.05) is 19.6 Å². The standard InChI is InChI=1S/C22H28N2O2/c1-17-6-8-18(9-7-17)15-23(2)22(25)16-24-14-4-5-21(24)19-10-12-20(26-3)13-11-19/h6-13,21H,4-5,14-16H2,1-3H3/t21-/m0/s1. The Balaban J connectivity index is 1.60. The van der Waals surface area contributed by atoms with Gasteiger partial charge in [0.2, 0.25) is 5.91 Å². The first kappa shape index (κ1) is 18.5. The summed E-state index contributed by atoms with van der Waals surface area (Å²) < 4.78 is 5.24. The number of carbonyl (C=O) groups excluding carboxylic acids is 1. The predicted molar refractivity (Wildman–Crippen MR) is 104 cm³/mol. The summed E-state index contributed by atoms with van der Waals surface area (Å²) >= 11 is 0. The molecule has 0 radical (unpaired) electrons. The van der Waals surface area contributed by atoms with Crippen LogP contribution < -0.4 is 4.74 Å². The summed E-state index contributed by atoms with van der Waals surface area (Å²) in [6.07, 6.45) is 2.23. The smallest absolute Gasteiger partial charge is 0.236 e. The van der Waals surface area contributed by atoms with Gasteiger partial charge in [-0.25, -0.2) is 0 Å². The molecule has 2 aromatic rings. The van der Waals surface area contributed by atoms with Crippen LogP contribution in [0.3, 0.4) is 0 Å². The second-order valence-corrected chi connectivity index (χ2v) is 7.14. The first-order chi connectivity index (χ1) is 12.6. The van der Waals surface area contributed by atoms with Gasteiger partial charge in [-0.15, -0.1) is 0 Å². The Bertz CT molecular complexity index is 725. The van der Waals surface area contributed by atoms with E-state index in [-0.39, 0.29) is 5.91 Å². The molecule has 0 spiro atoms. The van der Waals surface area contributed by atoms with E-state index in [4.69, 9.17) is 4.74 Å². The number of ether oxygens (including phenoxy) is 1. The van der Waals surface area contributed by atoms with Gasteiger partial charge in [0.05, 0.1) is 13.7 Å². The summed E-state index contributed by atoms with van der Waals surface area (Å²) in [7, 11) is 3.57. The first-order valence-corrected chi connectivity index (χ1v) is 9.24. The normalized spacial score (nSPS) is 17.3. The van der Waals surface area contributed by atoms with Gasteiger partial charge in [-0.05, 0) is 49.6 Å². The Morgan fingerprint density at radius 3 is 2.50 bits per heavy atom. The molecule has 4 nitrogen and oxygen atoms in total. The highest BCUT2D eigenvalue weighted by Crippen LogP contribution is 2.32. The van der Waals surface area contributed by atoms with Crippen molar-refractivity contribution < 1.29 is 9.53 Å². The number of carbonyl (C=O) groups is 1. The molecule has 0 unspecified atom stereocenters. The van der Waals surface area contributed by atoms with Crippen LogP contribution in [-0.2, 0) is 11.3 Å². The van der Waals surface area contributed by atoms with Crippen molar-refractivity contribution >= 4 is 5.91 Å². The third kappa shape index (κ3) is 4.44. The van der Waals surface area contributed by atoms with E-state index in [0.717, 1.165) is 25.1 Å². The number of benzene rings is 2. The average Bonchev–Trinajstić information content (AvgIpc) is 3.11. The molecule has 2 aromatic carbocycles. The number of hydrogen-bond donors (Lipinski definition) is 0. The molecule has 138 valence electrons. The summed E-state index contributed by atoms with van der Waals surface area (Å²) in [4.78, 5) is 16.8. The van der Waals surface area contributed by atoms with Gasteiger partial charge < -0.3 is 9.64 Å². The molecule has 0 aromatic heterocycles. The van der Waals surface area contributed by atoms with Crippen molar-refractivity contribution in [3.8, 4) is 5.75 Å². The molecule has 1 heterocycles. The molecule has 1 aliphatic heterocycles. The largest absolute Gasteiger partial charge is 0.497 e. The van der Waals surface area contributed by atoms with E-state index < -0.39 is 0 Å². The Kier molecular flexibility index (Phi) is 5.94. The summed E-state index contributed by atoms with van der Waals surface area (Å²) in [5.41, 5.74) is 3.67. The maximum atomic E-state index is 12.7. The maximum Gasteiger partial charge on any atom is 0.236 e. The van der Waals surface area contributed by atoms with Crippen LogP contribution in [-0.4, -0.2) is 43.0 Å². The molecule has 1 atom stereocenters. The molecule has 26 heavy (non-hydrogen) atoms. The van der Waals surface area contributed by atoms with E-state index in [9.17, 15) is 4.79 Å². The van der Waals surface area contributed by atoms with Gasteiger partial charge in [-0.3, -0.25) is 9.69 Å². The lowest BCUT2D eigenvalue weighted by Gasteiger charge is -2.27. The Morgan fingerprint density at radius 2 is 1.85 bits per heavy atom. The Labute approximate surface area is 156 Å². The monoisotopic (exact) mass is 352 g/mol. The Hall–Kier alpha value is -2.33. The molecule has 1 amide bonds. The Morgan fingerprint density at radius 1 is 1.15 bits per heavy atom. The molecule has 0 aliphatic carbocycles. The van der Waals surface area contributed by atoms with Crippen molar-refractivity contribution in [2.24, 2.45) is 0 Å². The van der Waals surface area contributed by atoms with Crippen molar-refractivity contribution in [3.05, 3.63) is 65.2 Å². The molecule has 3 rings (SSSR count). The lowest BCUT2D eigenvalue weighted by atomic mass is 10.0. The molecular formula is C22H28N2O2. The summed E-state index contributed by atoms with van der Waals surface area (Å²) in [6, 6.07) is 16.9. The van der Waals surface area contributed by atoms with E-state index >= 15 is 0 Å². The molecule has 0 bridgehead atoms. The van der Waals surface area contributed by atoms with E-state index in [0.29, 0.717) is 19.1 Å². The summed E-state index contributed by atoms with van der Waals surface area (Å²) in [5, 5.41) is 0. The van der Waals surface area contributed by atoms with Crippen LogP contribution in [0.5, 0.6) is 5.75 Å². The third-order valence-corrected chi connectivity index (χ3v) is 5.17. The molecule has 0 N–H and O–H groups in total. The minimum atomic E-state index is 0.172. The average molecular weight is 352 g/mol. The zero-order valence-electron chi connectivity index (χ0n) is 15.9. The van der Waals surface area contributed by atoms with Crippen LogP contribution in [0.15, 0.2) is 48.5 Å². The number of methoxy groups -OCH3 is 1. The van der Waals surface area contributed by atoms with Crippen LogP contribution in [0.25, 0.3) is 0 Å². The number of hydrogen-bond acceptors (Lipinski definition) is 3. The van der Waals surface area contributed by atoms with Crippen LogP contribution in [0.4, 0.5) is 0 Å². The van der Waals surface area contributed by atoms with Gasteiger partial charge in [0.25, 0.3) is 0 Å². The molecule has 0 saturated carbocycles. The van der Waals surface area contributed by atoms with Gasteiger partial charge >= 0.3 is 0 Å². The van der Waals surface area contributed by atoms with E-state index in [1.807, 2.05) is 24.1 Å². The number of aryl methyl sites for hydroxylation is 1. The van der Waals surface area contributed by atoms with E-state index in [1.165, 1.54) is 16.7 Å². The molecule has 4 heteroatoms. The van der Waals surface area contributed by atoms with Crippen molar-refractivity contribution in [2.75, 3.05) is 27.2 Å². The quantitative estimate of drug-likeness (QED) is 0.793.